The van der Waals surface area contributed by atoms with Crippen LogP contribution >= 0.6 is 0 Å². The average Bonchev–Trinajstić information content (AvgIpc) is 2.21. The van der Waals surface area contributed by atoms with E-state index in [1.807, 2.05) is 13.8 Å². The zero-order chi connectivity index (χ0) is 13.8. The Hall–Kier alpha value is -0.523. The van der Waals surface area contributed by atoms with Gasteiger partial charge in [0.15, 0.2) is 5.79 Å². The Kier molecular flexibility index (Phi) is 5.25. The van der Waals surface area contributed by atoms with E-state index in [2.05, 4.69) is 19.6 Å². The standard InChI is InChI=1S/C13H26O4Si/c1-7-15-13(16-8-2)9-11(10-13)12(14-3)17-18(4,5)6/h7-10H2,1-6H3. The Labute approximate surface area is 111 Å². The summed E-state index contributed by atoms with van der Waals surface area (Å²) >= 11 is 0. The summed E-state index contributed by atoms with van der Waals surface area (Å²) in [5.41, 5.74) is 1.15. The van der Waals surface area contributed by atoms with E-state index >= 15 is 0 Å². The van der Waals surface area contributed by atoms with Gasteiger partial charge in [-0.3, -0.25) is 0 Å². The second kappa shape index (κ2) is 6.08. The largest absolute Gasteiger partial charge is 0.520 e. The van der Waals surface area contributed by atoms with Crippen molar-refractivity contribution in [2.45, 2.75) is 52.1 Å². The molecule has 0 aromatic carbocycles. The number of hydrogen-bond acceptors (Lipinski definition) is 4. The topological polar surface area (TPSA) is 36.9 Å². The minimum Gasteiger partial charge on any atom is -0.520 e. The number of methoxy groups -OCH3 is 1. The Morgan fingerprint density at radius 1 is 1.11 bits per heavy atom. The third-order valence-corrected chi connectivity index (χ3v) is 3.45. The minimum absolute atomic E-state index is 0.453. The van der Waals surface area contributed by atoms with Crippen molar-refractivity contribution in [3.8, 4) is 0 Å². The molecule has 4 nitrogen and oxygen atoms in total. The van der Waals surface area contributed by atoms with Crippen LogP contribution in [-0.4, -0.2) is 34.4 Å². The summed E-state index contributed by atoms with van der Waals surface area (Å²) in [4.78, 5) is 0. The van der Waals surface area contributed by atoms with E-state index in [9.17, 15) is 0 Å². The summed E-state index contributed by atoms with van der Waals surface area (Å²) in [6.45, 7) is 11.7. The highest BCUT2D eigenvalue weighted by molar-refractivity contribution is 6.70. The second-order valence-electron chi connectivity index (χ2n) is 5.44. The van der Waals surface area contributed by atoms with Gasteiger partial charge in [-0.15, -0.1) is 0 Å². The first-order valence-electron chi connectivity index (χ1n) is 6.58. The fourth-order valence-corrected chi connectivity index (χ4v) is 2.83. The molecule has 1 aliphatic rings. The molecule has 0 aliphatic heterocycles. The van der Waals surface area contributed by atoms with Gasteiger partial charge in [-0.2, -0.15) is 0 Å². The molecular formula is C13H26O4Si. The molecule has 0 unspecified atom stereocenters. The van der Waals surface area contributed by atoms with Crippen LogP contribution in [0.1, 0.15) is 26.7 Å². The molecule has 0 radical (unpaired) electrons. The Morgan fingerprint density at radius 3 is 1.94 bits per heavy atom. The maximum atomic E-state index is 5.93. The minimum atomic E-state index is -1.63. The maximum absolute atomic E-state index is 5.93. The summed E-state index contributed by atoms with van der Waals surface area (Å²) in [5, 5.41) is 0. The van der Waals surface area contributed by atoms with Gasteiger partial charge < -0.3 is 18.6 Å². The van der Waals surface area contributed by atoms with Crippen molar-refractivity contribution in [2.24, 2.45) is 0 Å². The van der Waals surface area contributed by atoms with Crippen LogP contribution in [-0.2, 0) is 18.6 Å². The van der Waals surface area contributed by atoms with Crippen molar-refractivity contribution in [2.75, 3.05) is 20.3 Å². The highest BCUT2D eigenvalue weighted by Gasteiger charge is 2.45. The van der Waals surface area contributed by atoms with Crippen LogP contribution in [0.25, 0.3) is 0 Å². The zero-order valence-electron chi connectivity index (χ0n) is 12.5. The molecule has 1 rings (SSSR count). The molecule has 0 heterocycles. The summed E-state index contributed by atoms with van der Waals surface area (Å²) in [6, 6.07) is 0. The van der Waals surface area contributed by atoms with E-state index in [0.717, 1.165) is 18.4 Å². The molecule has 0 N–H and O–H groups in total. The van der Waals surface area contributed by atoms with Crippen LogP contribution in [0, 0.1) is 0 Å². The van der Waals surface area contributed by atoms with Gasteiger partial charge >= 0.3 is 0 Å². The molecule has 0 aromatic heterocycles. The van der Waals surface area contributed by atoms with Gasteiger partial charge in [0, 0.05) is 31.6 Å². The van der Waals surface area contributed by atoms with Crippen LogP contribution in [0.15, 0.2) is 11.5 Å². The molecular weight excluding hydrogens is 248 g/mol. The van der Waals surface area contributed by atoms with Crippen molar-refractivity contribution in [1.82, 2.24) is 0 Å². The number of ether oxygens (including phenoxy) is 3. The van der Waals surface area contributed by atoms with E-state index in [1.54, 1.807) is 7.11 Å². The lowest BCUT2D eigenvalue weighted by Gasteiger charge is -2.43. The fourth-order valence-electron chi connectivity index (χ4n) is 2.05. The normalized spacial score (nSPS) is 18.2. The lowest BCUT2D eigenvalue weighted by atomic mass is 9.85. The zero-order valence-corrected chi connectivity index (χ0v) is 13.5. The maximum Gasteiger partial charge on any atom is 0.264 e. The van der Waals surface area contributed by atoms with Crippen LogP contribution in [0.5, 0.6) is 0 Å². The first-order valence-corrected chi connectivity index (χ1v) is 9.99. The molecule has 5 heteroatoms. The van der Waals surface area contributed by atoms with Gasteiger partial charge in [0.2, 0.25) is 8.32 Å². The molecule has 0 saturated heterocycles. The van der Waals surface area contributed by atoms with E-state index < -0.39 is 14.1 Å². The fraction of sp³-hybridized carbons (Fsp3) is 0.846. The first kappa shape index (κ1) is 15.5. The highest BCUT2D eigenvalue weighted by atomic mass is 28.4. The SMILES string of the molecule is CCOC1(OCC)CC(=C(OC)O[Si](C)(C)C)C1. The lowest BCUT2D eigenvalue weighted by Crippen LogP contribution is -2.45. The first-order chi connectivity index (χ1) is 8.36. The van der Waals surface area contributed by atoms with Crippen molar-refractivity contribution in [3.63, 3.8) is 0 Å². The van der Waals surface area contributed by atoms with Crippen molar-refractivity contribution >= 4 is 8.32 Å². The Morgan fingerprint density at radius 2 is 1.61 bits per heavy atom. The van der Waals surface area contributed by atoms with E-state index in [1.165, 1.54) is 0 Å². The molecule has 0 aromatic rings. The molecule has 1 fully saturated rings. The summed E-state index contributed by atoms with van der Waals surface area (Å²) < 4.78 is 22.7. The molecule has 0 atom stereocenters. The third-order valence-electron chi connectivity index (χ3n) is 2.65. The Bertz CT molecular complexity index is 291. The molecule has 18 heavy (non-hydrogen) atoms. The van der Waals surface area contributed by atoms with E-state index in [0.29, 0.717) is 19.2 Å². The van der Waals surface area contributed by atoms with Crippen LogP contribution in [0.3, 0.4) is 0 Å². The Balaban J connectivity index is 2.70. The summed E-state index contributed by atoms with van der Waals surface area (Å²) in [7, 11) is 0.0223. The van der Waals surface area contributed by atoms with Gasteiger partial charge in [-0.25, -0.2) is 0 Å². The highest BCUT2D eigenvalue weighted by Crippen LogP contribution is 2.43. The summed E-state index contributed by atoms with van der Waals surface area (Å²) in [6.07, 6.45) is 1.48. The number of hydrogen-bond donors (Lipinski definition) is 0. The van der Waals surface area contributed by atoms with Crippen molar-refractivity contribution < 1.29 is 18.6 Å². The van der Waals surface area contributed by atoms with Gasteiger partial charge in [-0.05, 0) is 33.5 Å². The molecule has 0 spiro atoms. The van der Waals surface area contributed by atoms with Gasteiger partial charge in [0.1, 0.15) is 0 Å². The predicted octanol–water partition coefficient (Wildman–Crippen LogP) is 3.26. The van der Waals surface area contributed by atoms with Crippen LogP contribution < -0.4 is 0 Å². The third kappa shape index (κ3) is 4.00. The van der Waals surface area contributed by atoms with Crippen molar-refractivity contribution in [1.29, 1.82) is 0 Å². The smallest absolute Gasteiger partial charge is 0.264 e. The van der Waals surface area contributed by atoms with Crippen LogP contribution in [0.2, 0.25) is 19.6 Å². The van der Waals surface area contributed by atoms with Gasteiger partial charge in [0.05, 0.1) is 7.11 Å². The van der Waals surface area contributed by atoms with Crippen molar-refractivity contribution in [3.05, 3.63) is 11.5 Å². The van der Waals surface area contributed by atoms with E-state index in [4.69, 9.17) is 18.6 Å². The molecule has 1 aliphatic carbocycles. The van der Waals surface area contributed by atoms with E-state index in [-0.39, 0.29) is 0 Å². The van der Waals surface area contributed by atoms with Gasteiger partial charge in [-0.1, -0.05) is 0 Å². The number of rotatable bonds is 7. The monoisotopic (exact) mass is 274 g/mol. The second-order valence-corrected chi connectivity index (χ2v) is 9.87. The predicted molar refractivity (Wildman–Crippen MR) is 73.7 cm³/mol. The van der Waals surface area contributed by atoms with Crippen LogP contribution in [0.4, 0.5) is 0 Å². The molecule has 1 saturated carbocycles. The average molecular weight is 274 g/mol. The molecule has 106 valence electrons. The molecule has 0 bridgehead atoms. The van der Waals surface area contributed by atoms with Gasteiger partial charge in [0.25, 0.3) is 5.95 Å². The summed E-state index contributed by atoms with van der Waals surface area (Å²) in [5.74, 6) is 0.218. The quantitative estimate of drug-likeness (QED) is 0.406. The lowest BCUT2D eigenvalue weighted by molar-refractivity contribution is -0.255. The molecule has 0 amide bonds.